The molecule has 0 aliphatic carbocycles. The van der Waals surface area contributed by atoms with E-state index in [-0.39, 0.29) is 12.4 Å². The quantitative estimate of drug-likeness (QED) is 0.707. The number of hydrogen-bond donors (Lipinski definition) is 2. The molecular weight excluding hydrogens is 168 g/mol. The lowest BCUT2D eigenvalue weighted by Gasteiger charge is -1.99. The molecule has 0 aromatic carbocycles. The molecule has 0 amide bonds. The Balaban J connectivity index is 2.58. The molecule has 0 atom stereocenters. The molecule has 68 valence electrons. The number of rotatable bonds is 2. The predicted octanol–water partition coefficient (Wildman–Crippen LogP) is 0.575. The first-order chi connectivity index (χ1) is 6.31. The third-order valence-electron chi connectivity index (χ3n) is 1.92. The molecule has 4 heteroatoms. The van der Waals surface area contributed by atoms with Crippen molar-refractivity contribution in [2.75, 3.05) is 6.61 Å². The van der Waals surface area contributed by atoms with E-state index in [0.29, 0.717) is 6.42 Å². The van der Waals surface area contributed by atoms with Gasteiger partial charge in [-0.15, -0.1) is 0 Å². The van der Waals surface area contributed by atoms with E-state index in [4.69, 9.17) is 5.11 Å². The maximum Gasteiger partial charge on any atom is 0.132 e. The van der Waals surface area contributed by atoms with E-state index in [2.05, 4.69) is 4.98 Å². The highest BCUT2D eigenvalue weighted by molar-refractivity contribution is 5.48. The number of hydrogen-bond acceptors (Lipinski definition) is 3. The van der Waals surface area contributed by atoms with E-state index in [1.807, 2.05) is 0 Å². The number of aromatic nitrogens is 2. The van der Waals surface area contributed by atoms with Crippen LogP contribution < -0.4 is 0 Å². The van der Waals surface area contributed by atoms with Crippen molar-refractivity contribution in [1.29, 1.82) is 0 Å². The van der Waals surface area contributed by atoms with Crippen LogP contribution >= 0.6 is 0 Å². The zero-order valence-corrected chi connectivity index (χ0v) is 7.01. The lowest BCUT2D eigenvalue weighted by atomic mass is 10.4. The monoisotopic (exact) mass is 178 g/mol. The number of fused-ring (bicyclic) bond motifs is 1. The van der Waals surface area contributed by atoms with Crippen molar-refractivity contribution >= 4 is 5.52 Å². The molecule has 2 heterocycles. The van der Waals surface area contributed by atoms with E-state index >= 15 is 0 Å². The Morgan fingerprint density at radius 3 is 3.00 bits per heavy atom. The van der Waals surface area contributed by atoms with Gasteiger partial charge >= 0.3 is 0 Å². The highest BCUT2D eigenvalue weighted by atomic mass is 16.3. The molecule has 0 aliphatic rings. The SMILES string of the molecule is OCCc1ncc2ccc(O)cn12. The van der Waals surface area contributed by atoms with E-state index in [9.17, 15) is 5.11 Å². The van der Waals surface area contributed by atoms with Gasteiger partial charge in [-0.25, -0.2) is 4.98 Å². The molecule has 4 nitrogen and oxygen atoms in total. The van der Waals surface area contributed by atoms with Gasteiger partial charge < -0.3 is 10.2 Å². The molecular formula is C9H10N2O2. The van der Waals surface area contributed by atoms with Crippen LogP contribution in [-0.2, 0) is 6.42 Å². The number of aliphatic hydroxyl groups excluding tert-OH is 1. The van der Waals surface area contributed by atoms with Crippen molar-refractivity contribution in [1.82, 2.24) is 9.38 Å². The molecule has 0 spiro atoms. The molecule has 2 N–H and O–H groups in total. The molecule has 0 saturated carbocycles. The third kappa shape index (κ3) is 1.36. The lowest BCUT2D eigenvalue weighted by Crippen LogP contribution is -1.97. The molecule has 0 fully saturated rings. The number of aliphatic hydroxyl groups is 1. The van der Waals surface area contributed by atoms with Gasteiger partial charge in [0.25, 0.3) is 0 Å². The summed E-state index contributed by atoms with van der Waals surface area (Å²) in [4.78, 5) is 4.12. The van der Waals surface area contributed by atoms with Gasteiger partial charge in [-0.1, -0.05) is 0 Å². The van der Waals surface area contributed by atoms with Crippen LogP contribution in [0.2, 0.25) is 0 Å². The number of imidazole rings is 1. The minimum atomic E-state index is 0.0643. The largest absolute Gasteiger partial charge is 0.506 e. The van der Waals surface area contributed by atoms with Gasteiger partial charge in [0.2, 0.25) is 0 Å². The van der Waals surface area contributed by atoms with Crippen LogP contribution in [0.5, 0.6) is 5.75 Å². The summed E-state index contributed by atoms with van der Waals surface area (Å²) in [5, 5.41) is 18.0. The van der Waals surface area contributed by atoms with Crippen molar-refractivity contribution in [3.63, 3.8) is 0 Å². The fraction of sp³-hybridized carbons (Fsp3) is 0.222. The maximum atomic E-state index is 9.23. The Bertz CT molecular complexity index is 422. The molecule has 2 rings (SSSR count). The molecule has 0 unspecified atom stereocenters. The van der Waals surface area contributed by atoms with Gasteiger partial charge in [0.1, 0.15) is 11.6 Å². The first-order valence-corrected chi connectivity index (χ1v) is 4.07. The third-order valence-corrected chi connectivity index (χ3v) is 1.92. The zero-order chi connectivity index (χ0) is 9.26. The fourth-order valence-corrected chi connectivity index (χ4v) is 1.32. The predicted molar refractivity (Wildman–Crippen MR) is 47.6 cm³/mol. The Morgan fingerprint density at radius 1 is 1.38 bits per heavy atom. The van der Waals surface area contributed by atoms with Gasteiger partial charge in [0, 0.05) is 6.42 Å². The van der Waals surface area contributed by atoms with Crippen molar-refractivity contribution in [2.24, 2.45) is 0 Å². The second-order valence-corrected chi connectivity index (χ2v) is 2.83. The summed E-state index contributed by atoms with van der Waals surface area (Å²) in [5.41, 5.74) is 0.918. The summed E-state index contributed by atoms with van der Waals surface area (Å²) in [7, 11) is 0. The summed E-state index contributed by atoms with van der Waals surface area (Å²) in [6.45, 7) is 0.0643. The topological polar surface area (TPSA) is 57.8 Å². The standard InChI is InChI=1S/C9H10N2O2/c12-4-3-9-10-5-7-1-2-8(13)6-11(7)9/h1-2,5-6,12-13H,3-4H2. The minimum Gasteiger partial charge on any atom is -0.506 e. The number of pyridine rings is 1. The number of nitrogens with zero attached hydrogens (tertiary/aromatic N) is 2. The van der Waals surface area contributed by atoms with Gasteiger partial charge in [-0.05, 0) is 12.1 Å². The number of aromatic hydroxyl groups is 1. The Labute approximate surface area is 75.1 Å². The molecule has 13 heavy (non-hydrogen) atoms. The average molecular weight is 178 g/mol. The molecule has 0 aliphatic heterocycles. The van der Waals surface area contributed by atoms with Crippen LogP contribution in [0.3, 0.4) is 0 Å². The normalized spacial score (nSPS) is 10.8. The Morgan fingerprint density at radius 2 is 2.23 bits per heavy atom. The summed E-state index contributed by atoms with van der Waals surface area (Å²) < 4.78 is 1.77. The van der Waals surface area contributed by atoms with Crippen LogP contribution in [0.1, 0.15) is 5.82 Å². The average Bonchev–Trinajstić information content (AvgIpc) is 2.49. The van der Waals surface area contributed by atoms with Crippen LogP contribution in [-0.4, -0.2) is 26.2 Å². The Hall–Kier alpha value is -1.55. The first kappa shape index (κ1) is 8.07. The minimum absolute atomic E-state index is 0.0643. The van der Waals surface area contributed by atoms with Gasteiger partial charge in [-0.3, -0.25) is 4.40 Å². The highest BCUT2D eigenvalue weighted by Crippen LogP contribution is 2.13. The molecule has 2 aromatic heterocycles. The van der Waals surface area contributed by atoms with Crippen LogP contribution in [0.15, 0.2) is 24.5 Å². The van der Waals surface area contributed by atoms with E-state index in [0.717, 1.165) is 11.3 Å². The van der Waals surface area contributed by atoms with Gasteiger partial charge in [0.15, 0.2) is 0 Å². The van der Waals surface area contributed by atoms with Crippen molar-refractivity contribution < 1.29 is 10.2 Å². The molecule has 2 aromatic rings. The molecule has 0 saturated heterocycles. The van der Waals surface area contributed by atoms with E-state index in [1.54, 1.807) is 28.9 Å². The van der Waals surface area contributed by atoms with Gasteiger partial charge in [-0.2, -0.15) is 0 Å². The van der Waals surface area contributed by atoms with E-state index in [1.165, 1.54) is 0 Å². The fourth-order valence-electron chi connectivity index (χ4n) is 1.32. The van der Waals surface area contributed by atoms with Crippen LogP contribution in [0.4, 0.5) is 0 Å². The summed E-state index contributed by atoms with van der Waals surface area (Å²) in [5.74, 6) is 0.957. The maximum absolute atomic E-state index is 9.23. The molecule has 0 radical (unpaired) electrons. The summed E-state index contributed by atoms with van der Waals surface area (Å²) in [6.07, 6.45) is 3.80. The van der Waals surface area contributed by atoms with Crippen molar-refractivity contribution in [2.45, 2.75) is 6.42 Å². The second kappa shape index (κ2) is 3.06. The summed E-state index contributed by atoms with van der Waals surface area (Å²) >= 11 is 0. The lowest BCUT2D eigenvalue weighted by molar-refractivity contribution is 0.296. The van der Waals surface area contributed by atoms with Crippen LogP contribution in [0.25, 0.3) is 5.52 Å². The zero-order valence-electron chi connectivity index (χ0n) is 7.01. The Kier molecular flexibility index (Phi) is 1.90. The summed E-state index contributed by atoms with van der Waals surface area (Å²) in [6, 6.07) is 3.39. The van der Waals surface area contributed by atoms with Crippen molar-refractivity contribution in [3.05, 3.63) is 30.4 Å². The first-order valence-electron chi connectivity index (χ1n) is 4.07. The smallest absolute Gasteiger partial charge is 0.132 e. The van der Waals surface area contributed by atoms with Crippen molar-refractivity contribution in [3.8, 4) is 5.75 Å². The van der Waals surface area contributed by atoms with E-state index < -0.39 is 0 Å². The van der Waals surface area contributed by atoms with Gasteiger partial charge in [0.05, 0.1) is 24.5 Å². The second-order valence-electron chi connectivity index (χ2n) is 2.83. The molecule has 0 bridgehead atoms. The highest BCUT2D eigenvalue weighted by Gasteiger charge is 2.02. The van der Waals surface area contributed by atoms with Crippen LogP contribution in [0, 0.1) is 0 Å².